The second kappa shape index (κ2) is 6.89. The first-order chi connectivity index (χ1) is 12.5. The Hall–Kier alpha value is -1.53. The molecule has 0 saturated carbocycles. The van der Waals surface area contributed by atoms with E-state index in [1.165, 1.54) is 11.1 Å². The van der Waals surface area contributed by atoms with Crippen LogP contribution in [-0.2, 0) is 16.1 Å². The quantitative estimate of drug-likeness (QED) is 0.814. The Morgan fingerprint density at radius 2 is 1.96 bits per heavy atom. The molecule has 140 valence electrons. The van der Waals surface area contributed by atoms with Gasteiger partial charge in [0.05, 0.1) is 4.87 Å². The van der Waals surface area contributed by atoms with E-state index in [1.807, 2.05) is 9.80 Å². The van der Waals surface area contributed by atoms with Crippen molar-refractivity contribution in [3.8, 4) is 0 Å². The molecule has 0 aromatic heterocycles. The topological polar surface area (TPSA) is 43.9 Å². The van der Waals surface area contributed by atoms with Gasteiger partial charge in [-0.25, -0.2) is 0 Å². The first kappa shape index (κ1) is 17.9. The van der Waals surface area contributed by atoms with Crippen molar-refractivity contribution in [3.05, 3.63) is 35.4 Å². The lowest BCUT2D eigenvalue weighted by atomic mass is 10.1. The fraction of sp³-hybridized carbons (Fsp3) is 0.600. The molecule has 1 aromatic carbocycles. The summed E-state index contributed by atoms with van der Waals surface area (Å²) in [7, 11) is 0. The monoisotopic (exact) mass is 373 g/mol. The molecule has 0 radical (unpaired) electrons. The van der Waals surface area contributed by atoms with E-state index in [4.69, 9.17) is 0 Å². The molecule has 3 heterocycles. The van der Waals surface area contributed by atoms with Crippen LogP contribution in [0.1, 0.15) is 30.9 Å². The van der Waals surface area contributed by atoms with Gasteiger partial charge >= 0.3 is 0 Å². The van der Waals surface area contributed by atoms with E-state index < -0.39 is 0 Å². The molecule has 2 unspecified atom stereocenters. The SMILES string of the molecule is Cc1ccccc1CN1CCN(C(=O)C2CSC3(C)CCC(=O)N23)CC1. The first-order valence-corrected chi connectivity index (χ1v) is 10.5. The lowest BCUT2D eigenvalue weighted by Gasteiger charge is -2.38. The van der Waals surface area contributed by atoms with E-state index >= 15 is 0 Å². The van der Waals surface area contributed by atoms with Crippen LogP contribution < -0.4 is 0 Å². The van der Waals surface area contributed by atoms with E-state index in [-0.39, 0.29) is 22.7 Å². The second-order valence-electron chi connectivity index (χ2n) is 7.79. The zero-order valence-corrected chi connectivity index (χ0v) is 16.4. The summed E-state index contributed by atoms with van der Waals surface area (Å²) in [5.74, 6) is 1.03. The van der Waals surface area contributed by atoms with Crippen molar-refractivity contribution in [1.82, 2.24) is 14.7 Å². The third-order valence-electron chi connectivity index (χ3n) is 6.07. The van der Waals surface area contributed by atoms with Crippen LogP contribution in [0.25, 0.3) is 0 Å². The molecule has 0 aliphatic carbocycles. The Balaban J connectivity index is 1.35. The second-order valence-corrected chi connectivity index (χ2v) is 9.29. The van der Waals surface area contributed by atoms with Gasteiger partial charge in [-0.3, -0.25) is 14.5 Å². The number of amides is 2. The minimum atomic E-state index is -0.261. The van der Waals surface area contributed by atoms with Crippen molar-refractivity contribution < 1.29 is 9.59 Å². The number of aryl methyl sites for hydroxylation is 1. The molecule has 1 aromatic rings. The Kier molecular flexibility index (Phi) is 4.73. The summed E-state index contributed by atoms with van der Waals surface area (Å²) in [6, 6.07) is 8.23. The van der Waals surface area contributed by atoms with Gasteiger partial charge in [-0.15, -0.1) is 11.8 Å². The fourth-order valence-corrected chi connectivity index (χ4v) is 5.79. The zero-order chi connectivity index (χ0) is 18.3. The van der Waals surface area contributed by atoms with Crippen molar-refractivity contribution in [2.75, 3.05) is 31.9 Å². The Labute approximate surface area is 159 Å². The van der Waals surface area contributed by atoms with Crippen LogP contribution >= 0.6 is 11.8 Å². The number of fused-ring (bicyclic) bond motifs is 1. The average molecular weight is 374 g/mol. The normalized spacial score (nSPS) is 29.3. The molecule has 2 atom stereocenters. The van der Waals surface area contributed by atoms with Crippen LogP contribution in [0.3, 0.4) is 0 Å². The molecule has 3 saturated heterocycles. The van der Waals surface area contributed by atoms with E-state index in [1.54, 1.807) is 11.8 Å². The number of hydrogen-bond acceptors (Lipinski definition) is 4. The molecule has 6 heteroatoms. The Bertz CT molecular complexity index is 717. The molecule has 3 aliphatic rings. The summed E-state index contributed by atoms with van der Waals surface area (Å²) in [5.41, 5.74) is 2.68. The molecule has 0 spiro atoms. The van der Waals surface area contributed by atoms with E-state index in [2.05, 4.69) is 43.0 Å². The fourth-order valence-electron chi connectivity index (χ4n) is 4.37. The summed E-state index contributed by atoms with van der Waals surface area (Å²) in [5, 5.41) is 0. The minimum absolute atomic E-state index is 0.145. The molecule has 0 N–H and O–H groups in total. The van der Waals surface area contributed by atoms with Crippen molar-refractivity contribution in [2.45, 2.75) is 44.1 Å². The smallest absolute Gasteiger partial charge is 0.246 e. The number of nitrogens with zero attached hydrogens (tertiary/aromatic N) is 3. The van der Waals surface area contributed by atoms with Gasteiger partial charge in [-0.05, 0) is 31.4 Å². The van der Waals surface area contributed by atoms with Crippen molar-refractivity contribution >= 4 is 23.6 Å². The highest BCUT2D eigenvalue weighted by Crippen LogP contribution is 2.47. The van der Waals surface area contributed by atoms with Crippen LogP contribution in [0.2, 0.25) is 0 Å². The van der Waals surface area contributed by atoms with Crippen LogP contribution in [0.4, 0.5) is 0 Å². The Morgan fingerprint density at radius 1 is 1.23 bits per heavy atom. The average Bonchev–Trinajstić information content (AvgIpc) is 3.13. The minimum Gasteiger partial charge on any atom is -0.338 e. The molecule has 3 aliphatic heterocycles. The molecule has 2 amide bonds. The highest BCUT2D eigenvalue weighted by atomic mass is 32.2. The van der Waals surface area contributed by atoms with E-state index in [0.717, 1.165) is 44.9 Å². The summed E-state index contributed by atoms with van der Waals surface area (Å²) < 4.78 is 0. The van der Waals surface area contributed by atoms with Crippen molar-refractivity contribution in [1.29, 1.82) is 0 Å². The number of piperazine rings is 1. The molecule has 4 rings (SSSR count). The highest BCUT2D eigenvalue weighted by Gasteiger charge is 2.53. The van der Waals surface area contributed by atoms with Gasteiger partial charge in [0.15, 0.2) is 0 Å². The largest absolute Gasteiger partial charge is 0.338 e. The molecular weight excluding hydrogens is 346 g/mol. The van der Waals surface area contributed by atoms with Gasteiger partial charge in [0.1, 0.15) is 6.04 Å². The van der Waals surface area contributed by atoms with Crippen LogP contribution in [0.15, 0.2) is 24.3 Å². The third-order valence-corrected chi connectivity index (χ3v) is 7.57. The predicted molar refractivity (Wildman–Crippen MR) is 104 cm³/mol. The number of carbonyl (C=O) groups is 2. The van der Waals surface area contributed by atoms with Gasteiger partial charge in [0.25, 0.3) is 0 Å². The molecule has 5 nitrogen and oxygen atoms in total. The molecular formula is C20H27N3O2S. The molecule has 26 heavy (non-hydrogen) atoms. The number of thioether (sulfide) groups is 1. The van der Waals surface area contributed by atoms with Crippen LogP contribution in [0, 0.1) is 6.92 Å². The van der Waals surface area contributed by atoms with Gasteiger partial charge in [-0.2, -0.15) is 0 Å². The Morgan fingerprint density at radius 3 is 2.69 bits per heavy atom. The maximum absolute atomic E-state index is 13.1. The predicted octanol–water partition coefficient (Wildman–Crippen LogP) is 2.09. The summed E-state index contributed by atoms with van der Waals surface area (Å²) >= 11 is 1.77. The standard InChI is InChI=1S/C20H27N3O2S/c1-15-5-3-4-6-16(15)13-21-9-11-22(12-10-21)19(25)17-14-26-20(2)8-7-18(24)23(17)20/h3-6,17H,7-14H2,1-2H3. The third kappa shape index (κ3) is 3.14. The summed E-state index contributed by atoms with van der Waals surface area (Å²) in [6.07, 6.45) is 1.45. The molecule has 0 bridgehead atoms. The first-order valence-electron chi connectivity index (χ1n) is 9.50. The summed E-state index contributed by atoms with van der Waals surface area (Å²) in [6.45, 7) is 8.50. The number of rotatable bonds is 3. The maximum Gasteiger partial charge on any atom is 0.246 e. The number of hydrogen-bond donors (Lipinski definition) is 0. The lowest BCUT2D eigenvalue weighted by molar-refractivity contribution is -0.144. The number of benzene rings is 1. The lowest BCUT2D eigenvalue weighted by Crippen LogP contribution is -2.56. The van der Waals surface area contributed by atoms with Gasteiger partial charge in [0, 0.05) is 44.9 Å². The van der Waals surface area contributed by atoms with E-state index in [0.29, 0.717) is 6.42 Å². The maximum atomic E-state index is 13.1. The van der Waals surface area contributed by atoms with Crippen molar-refractivity contribution in [3.63, 3.8) is 0 Å². The van der Waals surface area contributed by atoms with Crippen LogP contribution in [-0.4, -0.2) is 69.4 Å². The number of carbonyl (C=O) groups excluding carboxylic acids is 2. The van der Waals surface area contributed by atoms with Gasteiger partial charge in [-0.1, -0.05) is 24.3 Å². The summed E-state index contributed by atoms with van der Waals surface area (Å²) in [4.78, 5) is 31.4. The molecule has 3 fully saturated rings. The van der Waals surface area contributed by atoms with Crippen LogP contribution in [0.5, 0.6) is 0 Å². The van der Waals surface area contributed by atoms with Gasteiger partial charge < -0.3 is 9.80 Å². The van der Waals surface area contributed by atoms with Gasteiger partial charge in [0.2, 0.25) is 11.8 Å². The zero-order valence-electron chi connectivity index (χ0n) is 15.6. The van der Waals surface area contributed by atoms with Crippen molar-refractivity contribution in [2.24, 2.45) is 0 Å². The highest BCUT2D eigenvalue weighted by molar-refractivity contribution is 8.01. The van der Waals surface area contributed by atoms with E-state index in [9.17, 15) is 9.59 Å².